The maximum absolute atomic E-state index is 10.1. The maximum Gasteiger partial charge on any atom is 0.373 e. The van der Waals surface area contributed by atoms with Crippen LogP contribution in [0.1, 0.15) is 0 Å². The van der Waals surface area contributed by atoms with Crippen molar-refractivity contribution in [1.29, 1.82) is 0 Å². The summed E-state index contributed by atoms with van der Waals surface area (Å²) >= 11 is 0. The van der Waals surface area contributed by atoms with E-state index in [0.29, 0.717) is 0 Å². The lowest BCUT2D eigenvalue weighted by molar-refractivity contribution is -0.204. The van der Waals surface area contributed by atoms with E-state index in [1.807, 2.05) is 0 Å². The predicted molar refractivity (Wildman–Crippen MR) is 28.0 cm³/mol. The van der Waals surface area contributed by atoms with Gasteiger partial charge in [-0.2, -0.15) is 0 Å². The molecule has 1 atom stereocenters. The van der Waals surface area contributed by atoms with Gasteiger partial charge in [-0.15, -0.1) is 0 Å². The molecule has 0 aromatic heterocycles. The lowest BCUT2D eigenvalue weighted by Gasteiger charge is -2.07. The van der Waals surface area contributed by atoms with E-state index >= 15 is 0 Å². The van der Waals surface area contributed by atoms with Crippen molar-refractivity contribution in [2.24, 2.45) is 0 Å². The molecule has 1 unspecified atom stereocenters. The first-order valence-corrected chi connectivity index (χ1v) is 2.42. The fourth-order valence-corrected chi connectivity index (χ4v) is 0.221. The van der Waals surface area contributed by atoms with Crippen molar-refractivity contribution >= 4 is 11.9 Å². The van der Waals surface area contributed by atoms with E-state index in [1.165, 1.54) is 0 Å². The molecule has 7 heteroatoms. The molecule has 0 amide bonds. The second-order valence-electron chi connectivity index (χ2n) is 1.50. The van der Waals surface area contributed by atoms with Crippen LogP contribution in [0.15, 0.2) is 0 Å². The molecule has 7 nitrogen and oxygen atoms in total. The number of esters is 1. The Labute approximate surface area is 60.4 Å². The maximum atomic E-state index is 10.1. The molecule has 0 bridgehead atoms. The molecular formula is C4H6O7. The molecule has 0 spiro atoms. The molecule has 0 aromatic carbocycles. The number of rotatable bonds is 3. The van der Waals surface area contributed by atoms with Gasteiger partial charge in [-0.25, -0.2) is 9.59 Å². The average Bonchev–Trinajstić information content (AvgIpc) is 1.87. The minimum atomic E-state index is -2.44. The third kappa shape index (κ3) is 3.50. The van der Waals surface area contributed by atoms with Gasteiger partial charge in [0.25, 0.3) is 12.6 Å². The van der Waals surface area contributed by atoms with Gasteiger partial charge in [-0.05, 0) is 0 Å². The number of hydrogen-bond donors (Lipinski definition) is 4. The van der Waals surface area contributed by atoms with Crippen LogP contribution in [0.4, 0.5) is 0 Å². The minimum Gasteiger partial charge on any atom is -0.477 e. The van der Waals surface area contributed by atoms with Crippen molar-refractivity contribution in [2.45, 2.75) is 12.6 Å². The Morgan fingerprint density at radius 1 is 1.18 bits per heavy atom. The number of aliphatic hydroxyl groups excluding tert-OH is 2. The highest BCUT2D eigenvalue weighted by molar-refractivity contribution is 5.78. The van der Waals surface area contributed by atoms with E-state index < -0.39 is 24.5 Å². The monoisotopic (exact) mass is 166 g/mol. The smallest absolute Gasteiger partial charge is 0.373 e. The van der Waals surface area contributed by atoms with Gasteiger partial charge in [0, 0.05) is 0 Å². The molecule has 0 aliphatic heterocycles. The Morgan fingerprint density at radius 2 is 1.64 bits per heavy atom. The largest absolute Gasteiger partial charge is 0.477 e. The molecule has 64 valence electrons. The highest BCUT2D eigenvalue weighted by atomic mass is 16.7. The number of aliphatic hydroxyl groups is 3. The zero-order valence-corrected chi connectivity index (χ0v) is 5.17. The first-order valence-electron chi connectivity index (χ1n) is 2.42. The van der Waals surface area contributed by atoms with Crippen LogP contribution in [0.2, 0.25) is 0 Å². The van der Waals surface area contributed by atoms with Crippen LogP contribution in [0.5, 0.6) is 0 Å². The molecule has 0 heterocycles. The Hall–Kier alpha value is -1.18. The lowest BCUT2D eigenvalue weighted by Crippen LogP contribution is -2.32. The van der Waals surface area contributed by atoms with Gasteiger partial charge in [0.15, 0.2) is 0 Å². The number of carboxylic acid groups (broad SMARTS) is 1. The van der Waals surface area contributed by atoms with Gasteiger partial charge in [-0.1, -0.05) is 0 Å². The van der Waals surface area contributed by atoms with Gasteiger partial charge in [0.05, 0.1) is 0 Å². The topological polar surface area (TPSA) is 124 Å². The summed E-state index contributed by atoms with van der Waals surface area (Å²) in [6, 6.07) is 0. The van der Waals surface area contributed by atoms with Gasteiger partial charge < -0.3 is 25.2 Å². The van der Waals surface area contributed by atoms with Crippen molar-refractivity contribution in [3.63, 3.8) is 0 Å². The van der Waals surface area contributed by atoms with Crippen LogP contribution in [0, 0.1) is 0 Å². The number of hydrogen-bond acceptors (Lipinski definition) is 6. The fraction of sp³-hybridized carbons (Fsp3) is 0.500. The number of ether oxygens (including phenoxy) is 1. The van der Waals surface area contributed by atoms with E-state index in [0.717, 1.165) is 0 Å². The molecule has 11 heavy (non-hydrogen) atoms. The number of carbonyl (C=O) groups is 2. The summed E-state index contributed by atoms with van der Waals surface area (Å²) < 4.78 is 3.59. The average molecular weight is 166 g/mol. The Kier molecular flexibility index (Phi) is 3.45. The fourth-order valence-electron chi connectivity index (χ4n) is 0.221. The molecule has 0 aromatic rings. The molecule has 0 fully saturated rings. The SMILES string of the molecule is O=C(OC(O)C(=O)O)C(O)O. The summed E-state index contributed by atoms with van der Waals surface area (Å²) in [6.45, 7) is 0. The summed E-state index contributed by atoms with van der Waals surface area (Å²) in [6.07, 6.45) is -4.81. The van der Waals surface area contributed by atoms with Crippen LogP contribution in [0.25, 0.3) is 0 Å². The molecule has 0 saturated heterocycles. The number of carboxylic acids is 1. The Morgan fingerprint density at radius 3 is 1.91 bits per heavy atom. The van der Waals surface area contributed by atoms with Crippen LogP contribution in [-0.4, -0.2) is 44.9 Å². The highest BCUT2D eigenvalue weighted by Crippen LogP contribution is 1.90. The molecule has 0 aliphatic carbocycles. The zero-order valence-electron chi connectivity index (χ0n) is 5.17. The van der Waals surface area contributed by atoms with Crippen molar-refractivity contribution in [2.75, 3.05) is 0 Å². The highest BCUT2D eigenvalue weighted by Gasteiger charge is 2.22. The first kappa shape index (κ1) is 9.82. The predicted octanol–water partition coefficient (Wildman–Crippen LogP) is -2.76. The van der Waals surface area contributed by atoms with Gasteiger partial charge in [-0.3, -0.25) is 0 Å². The van der Waals surface area contributed by atoms with Gasteiger partial charge in [0.1, 0.15) is 0 Å². The van der Waals surface area contributed by atoms with Crippen molar-refractivity contribution in [3.05, 3.63) is 0 Å². The van der Waals surface area contributed by atoms with Crippen LogP contribution in [0.3, 0.4) is 0 Å². The molecule has 4 N–H and O–H groups in total. The first-order chi connectivity index (χ1) is 4.95. The normalized spacial score (nSPS) is 12.7. The lowest BCUT2D eigenvalue weighted by atomic mass is 10.6. The Balaban J connectivity index is 3.85. The summed E-state index contributed by atoms with van der Waals surface area (Å²) in [4.78, 5) is 19.9. The molecule has 0 radical (unpaired) electrons. The third-order valence-electron chi connectivity index (χ3n) is 0.650. The van der Waals surface area contributed by atoms with Crippen molar-refractivity contribution < 1.29 is 34.8 Å². The second-order valence-corrected chi connectivity index (χ2v) is 1.50. The van der Waals surface area contributed by atoms with Gasteiger partial charge in [0.2, 0.25) is 0 Å². The molecule has 0 aliphatic rings. The molecule has 0 saturated carbocycles. The van der Waals surface area contributed by atoms with E-state index in [1.54, 1.807) is 0 Å². The second kappa shape index (κ2) is 3.86. The van der Waals surface area contributed by atoms with E-state index in [2.05, 4.69) is 4.74 Å². The minimum absolute atomic E-state index is 1.63. The summed E-state index contributed by atoms with van der Waals surface area (Å²) in [5, 5.41) is 32.3. The van der Waals surface area contributed by atoms with Crippen molar-refractivity contribution in [1.82, 2.24) is 0 Å². The standard InChI is InChI=1S/C4H6O7/c5-1(6)3(9)11-4(10)2(7)8/h1,4-6,10H,(H,7,8). The van der Waals surface area contributed by atoms with Crippen LogP contribution < -0.4 is 0 Å². The zero-order chi connectivity index (χ0) is 9.02. The summed E-state index contributed by atoms with van der Waals surface area (Å²) in [5.74, 6) is -3.42. The molecular weight excluding hydrogens is 160 g/mol. The summed E-state index contributed by atoms with van der Waals surface area (Å²) in [5.41, 5.74) is 0. The van der Waals surface area contributed by atoms with E-state index in [9.17, 15) is 9.59 Å². The van der Waals surface area contributed by atoms with Gasteiger partial charge >= 0.3 is 11.9 Å². The quantitative estimate of drug-likeness (QED) is 0.264. The van der Waals surface area contributed by atoms with E-state index in [4.69, 9.17) is 20.4 Å². The number of aliphatic carboxylic acids is 1. The van der Waals surface area contributed by atoms with E-state index in [-0.39, 0.29) is 0 Å². The van der Waals surface area contributed by atoms with Crippen molar-refractivity contribution in [3.8, 4) is 0 Å². The summed E-state index contributed by atoms with van der Waals surface area (Å²) in [7, 11) is 0. The number of carbonyl (C=O) groups excluding carboxylic acids is 1. The van der Waals surface area contributed by atoms with Crippen LogP contribution >= 0.6 is 0 Å². The third-order valence-corrected chi connectivity index (χ3v) is 0.650. The Bertz CT molecular complexity index is 162. The van der Waals surface area contributed by atoms with Crippen LogP contribution in [-0.2, 0) is 14.3 Å². The molecule has 0 rings (SSSR count).